The molecule has 0 N–H and O–H groups in total. The van der Waals surface area contributed by atoms with Crippen molar-refractivity contribution in [1.82, 2.24) is 9.97 Å². The average Bonchev–Trinajstić information content (AvgIpc) is 2.65. The Kier molecular flexibility index (Phi) is 3.15. The number of hydrogen-bond acceptors (Lipinski definition) is 5. The Hall–Kier alpha value is -0.910. The fourth-order valence-corrected chi connectivity index (χ4v) is 2.84. The van der Waals surface area contributed by atoms with Gasteiger partial charge in [-0.25, -0.2) is 9.97 Å². The first kappa shape index (κ1) is 13.1. The van der Waals surface area contributed by atoms with Gasteiger partial charge in [0, 0.05) is 12.1 Å². The van der Waals surface area contributed by atoms with Gasteiger partial charge in [-0.05, 0) is 32.4 Å². The maximum absolute atomic E-state index is 6.09. The van der Waals surface area contributed by atoms with Crippen LogP contribution in [0.25, 0.3) is 0 Å². The molecule has 0 aromatic carbocycles. The van der Waals surface area contributed by atoms with Crippen molar-refractivity contribution in [2.75, 3.05) is 24.7 Å². The molecule has 104 valence electrons. The van der Waals surface area contributed by atoms with E-state index in [4.69, 9.17) is 21.1 Å². The summed E-state index contributed by atoms with van der Waals surface area (Å²) in [5.41, 5.74) is 1.57. The van der Waals surface area contributed by atoms with E-state index < -0.39 is 5.60 Å². The van der Waals surface area contributed by atoms with E-state index in [-0.39, 0.29) is 11.3 Å². The topological polar surface area (TPSA) is 47.5 Å². The fraction of sp³-hybridized carbons (Fsp3) is 0.692. The number of rotatable bonds is 1. The SMILES string of the molecule is C[C@H]1COCCN1c1nc(Cl)nc2c1COC2(C)C. The van der Waals surface area contributed by atoms with Crippen LogP contribution >= 0.6 is 11.6 Å². The molecule has 1 atom stereocenters. The molecule has 2 aliphatic heterocycles. The van der Waals surface area contributed by atoms with Crippen LogP contribution in [0.1, 0.15) is 32.0 Å². The van der Waals surface area contributed by atoms with E-state index in [1.165, 1.54) is 0 Å². The third-order valence-corrected chi connectivity index (χ3v) is 3.91. The van der Waals surface area contributed by atoms with Gasteiger partial charge in [0.1, 0.15) is 11.4 Å². The molecule has 5 nitrogen and oxygen atoms in total. The van der Waals surface area contributed by atoms with E-state index in [0.29, 0.717) is 19.8 Å². The Labute approximate surface area is 117 Å². The minimum atomic E-state index is -0.397. The number of morpholine rings is 1. The second-order valence-corrected chi connectivity index (χ2v) is 5.90. The Morgan fingerprint density at radius 2 is 2.16 bits per heavy atom. The van der Waals surface area contributed by atoms with Gasteiger partial charge in [0.05, 0.1) is 31.6 Å². The molecule has 1 aromatic rings. The zero-order valence-corrected chi connectivity index (χ0v) is 12.2. The number of aromatic nitrogens is 2. The van der Waals surface area contributed by atoms with Crippen molar-refractivity contribution in [3.05, 3.63) is 16.5 Å². The van der Waals surface area contributed by atoms with Crippen LogP contribution in [-0.2, 0) is 21.7 Å². The molecule has 0 unspecified atom stereocenters. The molecule has 19 heavy (non-hydrogen) atoms. The molecule has 1 fully saturated rings. The average molecular weight is 284 g/mol. The zero-order chi connectivity index (χ0) is 13.6. The predicted octanol–water partition coefficient (Wildman–Crippen LogP) is 2.12. The molecule has 1 saturated heterocycles. The molecule has 0 amide bonds. The molecule has 3 heterocycles. The highest BCUT2D eigenvalue weighted by Gasteiger charge is 2.37. The highest BCUT2D eigenvalue weighted by molar-refractivity contribution is 6.28. The molecular weight excluding hydrogens is 266 g/mol. The smallest absolute Gasteiger partial charge is 0.224 e. The van der Waals surface area contributed by atoms with Crippen LogP contribution in [0.2, 0.25) is 5.28 Å². The van der Waals surface area contributed by atoms with Crippen molar-refractivity contribution < 1.29 is 9.47 Å². The van der Waals surface area contributed by atoms with E-state index in [9.17, 15) is 0 Å². The summed E-state index contributed by atoms with van der Waals surface area (Å²) in [6.45, 7) is 8.93. The van der Waals surface area contributed by atoms with Gasteiger partial charge in [-0.15, -0.1) is 0 Å². The second kappa shape index (κ2) is 4.58. The molecule has 0 radical (unpaired) electrons. The number of halogens is 1. The largest absolute Gasteiger partial charge is 0.377 e. The lowest BCUT2D eigenvalue weighted by Crippen LogP contribution is -2.44. The van der Waals surface area contributed by atoms with Gasteiger partial charge in [0.25, 0.3) is 0 Å². The van der Waals surface area contributed by atoms with Crippen LogP contribution in [0.15, 0.2) is 0 Å². The number of ether oxygens (including phenoxy) is 2. The van der Waals surface area contributed by atoms with Gasteiger partial charge in [0.2, 0.25) is 5.28 Å². The summed E-state index contributed by atoms with van der Waals surface area (Å²) in [5.74, 6) is 0.899. The maximum atomic E-state index is 6.09. The van der Waals surface area contributed by atoms with Crippen LogP contribution < -0.4 is 4.90 Å². The van der Waals surface area contributed by atoms with Crippen molar-refractivity contribution in [3.63, 3.8) is 0 Å². The first-order chi connectivity index (χ1) is 8.99. The first-order valence-corrected chi connectivity index (χ1v) is 6.92. The van der Waals surface area contributed by atoms with Gasteiger partial charge in [-0.1, -0.05) is 0 Å². The van der Waals surface area contributed by atoms with Crippen LogP contribution in [0.5, 0.6) is 0 Å². The van der Waals surface area contributed by atoms with Gasteiger partial charge >= 0.3 is 0 Å². The van der Waals surface area contributed by atoms with Crippen LogP contribution in [-0.4, -0.2) is 35.8 Å². The van der Waals surface area contributed by atoms with E-state index in [1.54, 1.807) is 0 Å². The Balaban J connectivity index is 2.07. The monoisotopic (exact) mass is 283 g/mol. The van der Waals surface area contributed by atoms with E-state index in [2.05, 4.69) is 21.8 Å². The van der Waals surface area contributed by atoms with Crippen molar-refractivity contribution >= 4 is 17.4 Å². The van der Waals surface area contributed by atoms with Crippen LogP contribution in [0.3, 0.4) is 0 Å². The number of anilines is 1. The molecule has 0 saturated carbocycles. The van der Waals surface area contributed by atoms with Gasteiger partial charge < -0.3 is 14.4 Å². The Morgan fingerprint density at radius 1 is 1.37 bits per heavy atom. The third kappa shape index (κ3) is 2.20. The molecule has 0 spiro atoms. The van der Waals surface area contributed by atoms with Crippen LogP contribution in [0.4, 0.5) is 5.82 Å². The van der Waals surface area contributed by atoms with E-state index in [0.717, 1.165) is 23.6 Å². The molecule has 1 aromatic heterocycles. The van der Waals surface area contributed by atoms with Crippen molar-refractivity contribution in [2.24, 2.45) is 0 Å². The summed E-state index contributed by atoms with van der Waals surface area (Å²) in [5, 5.41) is 0.283. The molecule has 3 rings (SSSR count). The Morgan fingerprint density at radius 3 is 2.89 bits per heavy atom. The fourth-order valence-electron chi connectivity index (χ4n) is 2.68. The summed E-state index contributed by atoms with van der Waals surface area (Å²) >= 11 is 6.09. The number of fused-ring (bicyclic) bond motifs is 1. The summed E-state index contributed by atoms with van der Waals surface area (Å²) in [7, 11) is 0. The van der Waals surface area contributed by atoms with Gasteiger partial charge in [-0.2, -0.15) is 0 Å². The van der Waals surface area contributed by atoms with E-state index in [1.807, 2.05) is 13.8 Å². The summed E-state index contributed by atoms with van der Waals surface area (Å²) in [6, 6.07) is 0.285. The normalized spacial score (nSPS) is 25.5. The maximum Gasteiger partial charge on any atom is 0.224 e. The molecule has 0 aliphatic carbocycles. The van der Waals surface area contributed by atoms with Crippen LogP contribution in [0, 0.1) is 0 Å². The predicted molar refractivity (Wildman–Crippen MR) is 72.5 cm³/mol. The number of nitrogens with zero attached hydrogens (tertiary/aromatic N) is 3. The summed E-state index contributed by atoms with van der Waals surface area (Å²) in [6.07, 6.45) is 0. The van der Waals surface area contributed by atoms with Crippen molar-refractivity contribution in [3.8, 4) is 0 Å². The lowest BCUT2D eigenvalue weighted by molar-refractivity contribution is -0.0101. The molecule has 2 aliphatic rings. The number of hydrogen-bond donors (Lipinski definition) is 0. The van der Waals surface area contributed by atoms with Crippen molar-refractivity contribution in [1.29, 1.82) is 0 Å². The lowest BCUT2D eigenvalue weighted by atomic mass is 10.0. The minimum Gasteiger partial charge on any atom is -0.377 e. The summed E-state index contributed by atoms with van der Waals surface area (Å²) in [4.78, 5) is 11.0. The van der Waals surface area contributed by atoms with Gasteiger partial charge in [0.15, 0.2) is 0 Å². The second-order valence-electron chi connectivity index (χ2n) is 5.56. The zero-order valence-electron chi connectivity index (χ0n) is 11.4. The standard InChI is InChI=1S/C13H18ClN3O2/c1-8-6-18-5-4-17(8)11-9-7-19-13(2,3)10(9)15-12(14)16-11/h8H,4-7H2,1-3H3/t8-/m0/s1. The lowest BCUT2D eigenvalue weighted by Gasteiger charge is -2.35. The molecule has 6 heteroatoms. The molecular formula is C13H18ClN3O2. The van der Waals surface area contributed by atoms with Gasteiger partial charge in [-0.3, -0.25) is 0 Å². The highest BCUT2D eigenvalue weighted by Crippen LogP contribution is 2.39. The Bertz CT molecular complexity index is 507. The summed E-state index contributed by atoms with van der Waals surface area (Å²) < 4.78 is 11.3. The first-order valence-electron chi connectivity index (χ1n) is 6.54. The minimum absolute atomic E-state index is 0.283. The van der Waals surface area contributed by atoms with Crippen molar-refractivity contribution in [2.45, 2.75) is 39.0 Å². The quantitative estimate of drug-likeness (QED) is 0.739. The third-order valence-electron chi connectivity index (χ3n) is 3.75. The molecule has 0 bridgehead atoms. The highest BCUT2D eigenvalue weighted by atomic mass is 35.5. The van der Waals surface area contributed by atoms with E-state index >= 15 is 0 Å².